The van der Waals surface area contributed by atoms with Crippen LogP contribution in [0.5, 0.6) is 0 Å². The van der Waals surface area contributed by atoms with Crippen molar-refractivity contribution in [3.63, 3.8) is 0 Å². The van der Waals surface area contributed by atoms with Crippen LogP contribution in [0.15, 0.2) is 24.4 Å². The van der Waals surface area contributed by atoms with Crippen LogP contribution in [0.4, 0.5) is 0 Å². The molecule has 0 aromatic heterocycles. The number of allylic oxidation sites excluding steroid dienone is 2. The Kier molecular flexibility index (Phi) is 3.59. The Morgan fingerprint density at radius 3 is 3.00 bits per heavy atom. The van der Waals surface area contributed by atoms with E-state index >= 15 is 0 Å². The van der Waals surface area contributed by atoms with Gasteiger partial charge in [-0.2, -0.15) is 0 Å². The molecule has 0 heterocycles. The number of carbonyl (C=O) groups excluding carboxylic acids is 2. The third-order valence-corrected chi connectivity index (χ3v) is 2.20. The Hall–Kier alpha value is -1.42. The van der Waals surface area contributed by atoms with Gasteiger partial charge in [0.15, 0.2) is 11.6 Å². The van der Waals surface area contributed by atoms with Crippen LogP contribution in [0.3, 0.4) is 0 Å². The average molecular weight is 194 g/mol. The van der Waals surface area contributed by atoms with Gasteiger partial charge in [0, 0.05) is 18.4 Å². The van der Waals surface area contributed by atoms with Crippen molar-refractivity contribution in [2.75, 3.05) is 0 Å². The maximum absolute atomic E-state index is 11.3. The molecule has 0 radical (unpaired) electrons. The highest BCUT2D eigenvalue weighted by Crippen LogP contribution is 2.18. The van der Waals surface area contributed by atoms with Gasteiger partial charge in [-0.1, -0.05) is 6.08 Å². The van der Waals surface area contributed by atoms with Crippen molar-refractivity contribution in [3.05, 3.63) is 24.4 Å². The summed E-state index contributed by atoms with van der Waals surface area (Å²) in [5.41, 5.74) is 10.7. The molecule has 0 saturated heterocycles. The van der Waals surface area contributed by atoms with E-state index in [9.17, 15) is 9.59 Å². The Bertz CT molecular complexity index is 294. The van der Waals surface area contributed by atoms with Gasteiger partial charge in [-0.15, -0.1) is 0 Å². The second kappa shape index (κ2) is 4.72. The monoisotopic (exact) mass is 194 g/mol. The smallest absolute Gasteiger partial charge is 0.159 e. The maximum Gasteiger partial charge on any atom is 0.159 e. The molecule has 76 valence electrons. The van der Waals surface area contributed by atoms with Crippen LogP contribution in [0.25, 0.3) is 0 Å². The highest BCUT2D eigenvalue weighted by molar-refractivity contribution is 5.98. The van der Waals surface area contributed by atoms with E-state index in [1.807, 2.05) is 0 Å². The molecule has 2 unspecified atom stereocenters. The van der Waals surface area contributed by atoms with E-state index in [-0.39, 0.29) is 29.9 Å². The maximum atomic E-state index is 11.3. The molecular formula is C10H14N2O2. The molecule has 4 heteroatoms. The Balaban J connectivity index is 2.57. The van der Waals surface area contributed by atoms with Gasteiger partial charge in [0.2, 0.25) is 0 Å². The summed E-state index contributed by atoms with van der Waals surface area (Å²) in [4.78, 5) is 22.5. The minimum absolute atomic E-state index is 0.0227. The van der Waals surface area contributed by atoms with E-state index in [1.165, 1.54) is 18.4 Å². The standard InChI is InChI=1S/C10H14N2O2/c11-4-3-9(13)6-7-5-8(12)1-2-10(7)14/h1-4,7-8H,5-6,11-12H2/b4-3+. The summed E-state index contributed by atoms with van der Waals surface area (Å²) in [7, 11) is 0. The molecule has 2 atom stereocenters. The number of nitrogens with two attached hydrogens (primary N) is 2. The summed E-state index contributed by atoms with van der Waals surface area (Å²) in [6, 6.07) is -0.118. The summed E-state index contributed by atoms with van der Waals surface area (Å²) in [6.45, 7) is 0. The van der Waals surface area contributed by atoms with E-state index < -0.39 is 0 Å². The molecule has 0 aromatic rings. The van der Waals surface area contributed by atoms with Crippen molar-refractivity contribution in [2.45, 2.75) is 18.9 Å². The first kappa shape index (κ1) is 10.7. The summed E-state index contributed by atoms with van der Waals surface area (Å²) in [5, 5.41) is 0. The van der Waals surface area contributed by atoms with Gasteiger partial charge in [0.05, 0.1) is 0 Å². The topological polar surface area (TPSA) is 86.2 Å². The second-order valence-corrected chi connectivity index (χ2v) is 3.39. The van der Waals surface area contributed by atoms with Gasteiger partial charge in [-0.05, 0) is 24.8 Å². The minimum atomic E-state index is -0.279. The predicted molar refractivity (Wildman–Crippen MR) is 53.2 cm³/mol. The van der Waals surface area contributed by atoms with E-state index in [4.69, 9.17) is 11.5 Å². The van der Waals surface area contributed by atoms with Crippen molar-refractivity contribution >= 4 is 11.6 Å². The van der Waals surface area contributed by atoms with Crippen LogP contribution in [-0.2, 0) is 9.59 Å². The number of rotatable bonds is 3. The molecule has 4 nitrogen and oxygen atoms in total. The lowest BCUT2D eigenvalue weighted by molar-refractivity contribution is -0.123. The minimum Gasteiger partial charge on any atom is -0.404 e. The van der Waals surface area contributed by atoms with Crippen LogP contribution >= 0.6 is 0 Å². The summed E-state index contributed by atoms with van der Waals surface area (Å²) in [5.74, 6) is -0.433. The molecule has 1 aliphatic carbocycles. The van der Waals surface area contributed by atoms with Gasteiger partial charge in [0.1, 0.15) is 0 Å². The largest absolute Gasteiger partial charge is 0.404 e. The lowest BCUT2D eigenvalue weighted by Crippen LogP contribution is -2.30. The molecular weight excluding hydrogens is 180 g/mol. The molecule has 0 amide bonds. The fourth-order valence-electron chi connectivity index (χ4n) is 1.48. The van der Waals surface area contributed by atoms with E-state index in [1.54, 1.807) is 6.08 Å². The van der Waals surface area contributed by atoms with Gasteiger partial charge in [-0.25, -0.2) is 0 Å². The summed E-state index contributed by atoms with van der Waals surface area (Å²) >= 11 is 0. The molecule has 0 spiro atoms. The molecule has 4 N–H and O–H groups in total. The summed E-state index contributed by atoms with van der Waals surface area (Å²) < 4.78 is 0. The molecule has 1 rings (SSSR count). The zero-order valence-corrected chi connectivity index (χ0v) is 7.85. The number of carbonyl (C=O) groups is 2. The average Bonchev–Trinajstić information content (AvgIpc) is 2.12. The second-order valence-electron chi connectivity index (χ2n) is 3.39. The van der Waals surface area contributed by atoms with Crippen molar-refractivity contribution < 1.29 is 9.59 Å². The third-order valence-electron chi connectivity index (χ3n) is 2.20. The van der Waals surface area contributed by atoms with Crippen LogP contribution in [0.2, 0.25) is 0 Å². The molecule has 0 aliphatic heterocycles. The fraction of sp³-hybridized carbons (Fsp3) is 0.400. The summed E-state index contributed by atoms with van der Waals surface area (Å²) in [6.07, 6.45) is 6.33. The Morgan fingerprint density at radius 1 is 1.64 bits per heavy atom. The lowest BCUT2D eigenvalue weighted by Gasteiger charge is -2.19. The van der Waals surface area contributed by atoms with Crippen molar-refractivity contribution in [3.8, 4) is 0 Å². The molecule has 1 aliphatic rings. The van der Waals surface area contributed by atoms with Crippen molar-refractivity contribution in [2.24, 2.45) is 17.4 Å². The first-order valence-electron chi connectivity index (χ1n) is 4.52. The highest BCUT2D eigenvalue weighted by Gasteiger charge is 2.24. The van der Waals surface area contributed by atoms with Gasteiger partial charge < -0.3 is 11.5 Å². The third kappa shape index (κ3) is 2.81. The van der Waals surface area contributed by atoms with Crippen LogP contribution in [-0.4, -0.2) is 17.6 Å². The molecule has 14 heavy (non-hydrogen) atoms. The fourth-order valence-corrected chi connectivity index (χ4v) is 1.48. The van der Waals surface area contributed by atoms with E-state index in [2.05, 4.69) is 0 Å². The first-order chi connectivity index (χ1) is 6.63. The molecule has 0 aromatic carbocycles. The highest BCUT2D eigenvalue weighted by atomic mass is 16.1. The van der Waals surface area contributed by atoms with Crippen LogP contribution < -0.4 is 11.5 Å². The van der Waals surface area contributed by atoms with E-state index in [0.717, 1.165) is 0 Å². The van der Waals surface area contributed by atoms with Gasteiger partial charge >= 0.3 is 0 Å². The Morgan fingerprint density at radius 2 is 2.36 bits per heavy atom. The molecule has 0 bridgehead atoms. The molecule has 0 saturated carbocycles. The number of ketones is 2. The quantitative estimate of drug-likeness (QED) is 0.614. The zero-order chi connectivity index (χ0) is 10.6. The molecule has 0 fully saturated rings. The van der Waals surface area contributed by atoms with Crippen LogP contribution in [0, 0.1) is 5.92 Å². The lowest BCUT2D eigenvalue weighted by atomic mass is 9.86. The van der Waals surface area contributed by atoms with Gasteiger partial charge in [-0.3, -0.25) is 9.59 Å². The Labute approximate surface area is 82.6 Å². The zero-order valence-electron chi connectivity index (χ0n) is 7.85. The van der Waals surface area contributed by atoms with Gasteiger partial charge in [0.25, 0.3) is 0 Å². The first-order valence-corrected chi connectivity index (χ1v) is 4.52. The van der Waals surface area contributed by atoms with Crippen molar-refractivity contribution in [1.82, 2.24) is 0 Å². The van der Waals surface area contributed by atoms with E-state index in [0.29, 0.717) is 6.42 Å². The normalized spacial score (nSPS) is 27.1. The van der Waals surface area contributed by atoms with Crippen LogP contribution in [0.1, 0.15) is 12.8 Å². The predicted octanol–water partition coefficient (Wildman–Crippen LogP) is -0.109. The number of hydrogen-bond acceptors (Lipinski definition) is 4. The SMILES string of the molecule is N/C=C/C(=O)CC1CC(N)C=CC1=O. The number of hydrogen-bond donors (Lipinski definition) is 2. The van der Waals surface area contributed by atoms with Crippen molar-refractivity contribution in [1.29, 1.82) is 0 Å².